The fraction of sp³-hybridized carbons (Fsp3) is 0.355. The molecule has 3 rings (SSSR count). The quantitative estimate of drug-likeness (QED) is 0.264. The number of halogens is 1. The summed E-state index contributed by atoms with van der Waals surface area (Å²) in [5.74, 6) is 0.124. The number of carbonyl (C=O) groups is 2. The zero-order chi connectivity index (χ0) is 30.2. The Hall–Kier alpha value is -3.37. The van der Waals surface area contributed by atoms with E-state index in [4.69, 9.17) is 4.74 Å². The van der Waals surface area contributed by atoms with Crippen molar-refractivity contribution in [2.45, 2.75) is 51.6 Å². The SMILES string of the molecule is CCC(C(=O)NCC(C)C)N(Cc1ccc(OC)cc1)C(=O)CN(c1ccc(Br)cc1)S(=O)(=O)c1ccc(C)cc1. The minimum Gasteiger partial charge on any atom is -0.497 e. The lowest BCUT2D eigenvalue weighted by molar-refractivity contribution is -0.140. The number of anilines is 1. The maximum absolute atomic E-state index is 14.1. The van der Waals surface area contributed by atoms with Gasteiger partial charge < -0.3 is 15.0 Å². The molecule has 0 saturated carbocycles. The number of carbonyl (C=O) groups excluding carboxylic acids is 2. The Morgan fingerprint density at radius 1 is 0.951 bits per heavy atom. The van der Waals surface area contributed by atoms with Gasteiger partial charge in [0.25, 0.3) is 10.0 Å². The number of sulfonamides is 1. The van der Waals surface area contributed by atoms with Crippen LogP contribution in [-0.2, 0) is 26.2 Å². The molecular formula is C31H38BrN3O5S. The first-order valence-corrected chi connectivity index (χ1v) is 15.7. The van der Waals surface area contributed by atoms with E-state index in [9.17, 15) is 18.0 Å². The van der Waals surface area contributed by atoms with Crippen LogP contribution in [0.25, 0.3) is 0 Å². The second-order valence-corrected chi connectivity index (χ2v) is 13.0. The molecule has 1 atom stereocenters. The highest BCUT2D eigenvalue weighted by atomic mass is 79.9. The van der Waals surface area contributed by atoms with E-state index in [1.165, 1.54) is 17.0 Å². The first-order chi connectivity index (χ1) is 19.5. The lowest BCUT2D eigenvalue weighted by Crippen LogP contribution is -2.52. The number of nitrogens with one attached hydrogen (secondary N) is 1. The van der Waals surface area contributed by atoms with Gasteiger partial charge in [-0.3, -0.25) is 13.9 Å². The first kappa shape index (κ1) is 32.1. The van der Waals surface area contributed by atoms with Crippen molar-refractivity contribution in [2.75, 3.05) is 24.5 Å². The molecule has 0 bridgehead atoms. The number of methoxy groups -OCH3 is 1. The predicted molar refractivity (Wildman–Crippen MR) is 165 cm³/mol. The molecule has 1 N–H and O–H groups in total. The summed E-state index contributed by atoms with van der Waals surface area (Å²) in [6, 6.07) is 19.7. The Labute approximate surface area is 251 Å². The molecule has 0 aromatic heterocycles. The molecule has 0 aliphatic carbocycles. The largest absolute Gasteiger partial charge is 0.497 e. The summed E-state index contributed by atoms with van der Waals surface area (Å²) in [7, 11) is -2.54. The maximum atomic E-state index is 14.1. The van der Waals surface area contributed by atoms with E-state index < -0.39 is 28.5 Å². The van der Waals surface area contributed by atoms with Gasteiger partial charge in [0.05, 0.1) is 17.7 Å². The van der Waals surface area contributed by atoms with Gasteiger partial charge in [-0.2, -0.15) is 0 Å². The molecule has 0 radical (unpaired) electrons. The molecule has 0 heterocycles. The van der Waals surface area contributed by atoms with E-state index in [0.717, 1.165) is 19.9 Å². The number of benzene rings is 3. The van der Waals surface area contributed by atoms with Crippen LogP contribution in [-0.4, -0.2) is 51.4 Å². The van der Waals surface area contributed by atoms with E-state index in [1.54, 1.807) is 55.6 Å². The van der Waals surface area contributed by atoms with Crippen LogP contribution in [0, 0.1) is 12.8 Å². The van der Waals surface area contributed by atoms with Crippen LogP contribution in [0.1, 0.15) is 38.3 Å². The third kappa shape index (κ3) is 8.56. The highest BCUT2D eigenvalue weighted by Crippen LogP contribution is 2.27. The van der Waals surface area contributed by atoms with Crippen molar-refractivity contribution in [3.05, 3.63) is 88.4 Å². The van der Waals surface area contributed by atoms with Crippen LogP contribution in [0.15, 0.2) is 82.2 Å². The first-order valence-electron chi connectivity index (χ1n) is 13.5. The molecule has 1 unspecified atom stereocenters. The van der Waals surface area contributed by atoms with Gasteiger partial charge in [-0.1, -0.05) is 66.5 Å². The van der Waals surface area contributed by atoms with E-state index >= 15 is 0 Å². The molecule has 0 saturated heterocycles. The molecule has 41 heavy (non-hydrogen) atoms. The lowest BCUT2D eigenvalue weighted by atomic mass is 10.1. The van der Waals surface area contributed by atoms with Crippen LogP contribution in [0.3, 0.4) is 0 Å². The molecule has 3 aromatic carbocycles. The average Bonchev–Trinajstić information content (AvgIpc) is 2.95. The standard InChI is InChI=1S/C31H38BrN3O5S/c1-6-29(31(37)33-19-22(2)3)34(20-24-9-15-27(40-5)16-10-24)30(36)21-35(26-13-11-25(32)12-14-26)41(38,39)28-17-7-23(4)8-18-28/h7-18,22,29H,6,19-21H2,1-5H3,(H,33,37). The monoisotopic (exact) mass is 643 g/mol. The number of rotatable bonds is 13. The topological polar surface area (TPSA) is 96.0 Å². The molecule has 0 spiro atoms. The zero-order valence-corrected chi connectivity index (χ0v) is 26.5. The van der Waals surface area contributed by atoms with Crippen molar-refractivity contribution in [1.29, 1.82) is 0 Å². The average molecular weight is 645 g/mol. The van der Waals surface area contributed by atoms with Crippen molar-refractivity contribution in [3.8, 4) is 5.75 Å². The minimum absolute atomic E-state index is 0.0715. The smallest absolute Gasteiger partial charge is 0.264 e. The number of hydrogen-bond donors (Lipinski definition) is 1. The van der Waals surface area contributed by atoms with Gasteiger partial charge in [-0.25, -0.2) is 8.42 Å². The van der Waals surface area contributed by atoms with Crippen molar-refractivity contribution >= 4 is 43.5 Å². The summed E-state index contributed by atoms with van der Waals surface area (Å²) >= 11 is 3.39. The zero-order valence-electron chi connectivity index (χ0n) is 24.1. The van der Waals surface area contributed by atoms with Gasteiger partial charge in [0, 0.05) is 17.6 Å². The number of ether oxygens (including phenoxy) is 1. The van der Waals surface area contributed by atoms with Crippen LogP contribution >= 0.6 is 15.9 Å². The van der Waals surface area contributed by atoms with Crippen molar-refractivity contribution in [2.24, 2.45) is 5.92 Å². The van der Waals surface area contributed by atoms with E-state index in [1.807, 2.05) is 39.8 Å². The summed E-state index contributed by atoms with van der Waals surface area (Å²) in [5, 5.41) is 2.94. The highest BCUT2D eigenvalue weighted by Gasteiger charge is 2.33. The van der Waals surface area contributed by atoms with Crippen LogP contribution < -0.4 is 14.4 Å². The van der Waals surface area contributed by atoms with Crippen LogP contribution in [0.5, 0.6) is 5.75 Å². The normalized spacial score (nSPS) is 12.1. The summed E-state index contributed by atoms with van der Waals surface area (Å²) < 4.78 is 35.0. The van der Waals surface area contributed by atoms with Crippen molar-refractivity contribution in [1.82, 2.24) is 10.2 Å². The van der Waals surface area contributed by atoms with Crippen LogP contribution in [0.4, 0.5) is 5.69 Å². The molecule has 3 aromatic rings. The van der Waals surface area contributed by atoms with Gasteiger partial charge in [0.2, 0.25) is 11.8 Å². The Kier molecular flexibility index (Phi) is 11.4. The fourth-order valence-corrected chi connectivity index (χ4v) is 5.92. The number of nitrogens with zero attached hydrogens (tertiary/aromatic N) is 2. The maximum Gasteiger partial charge on any atom is 0.264 e. The van der Waals surface area contributed by atoms with Gasteiger partial charge >= 0.3 is 0 Å². The molecule has 220 valence electrons. The number of amides is 2. The number of hydrogen-bond acceptors (Lipinski definition) is 5. The molecular weight excluding hydrogens is 606 g/mol. The van der Waals surface area contributed by atoms with E-state index in [0.29, 0.717) is 24.4 Å². The van der Waals surface area contributed by atoms with E-state index in [2.05, 4.69) is 21.2 Å². The Balaban J connectivity index is 2.03. The fourth-order valence-electron chi connectivity index (χ4n) is 4.24. The van der Waals surface area contributed by atoms with Crippen molar-refractivity contribution < 1.29 is 22.7 Å². The predicted octanol–water partition coefficient (Wildman–Crippen LogP) is 5.54. The lowest BCUT2D eigenvalue weighted by Gasteiger charge is -2.33. The van der Waals surface area contributed by atoms with Crippen molar-refractivity contribution in [3.63, 3.8) is 0 Å². The third-order valence-corrected chi connectivity index (χ3v) is 8.90. The second kappa shape index (κ2) is 14.5. The number of aryl methyl sites for hydroxylation is 1. The molecule has 0 aliphatic rings. The van der Waals surface area contributed by atoms with Gasteiger partial charge in [0.15, 0.2) is 0 Å². The summed E-state index contributed by atoms with van der Waals surface area (Å²) in [4.78, 5) is 28.9. The Morgan fingerprint density at radius 3 is 2.10 bits per heavy atom. The van der Waals surface area contributed by atoms with Gasteiger partial charge in [-0.05, 0) is 73.4 Å². The third-order valence-electron chi connectivity index (χ3n) is 6.58. The highest BCUT2D eigenvalue weighted by molar-refractivity contribution is 9.10. The Bertz CT molecular complexity index is 1410. The molecule has 8 nitrogen and oxygen atoms in total. The summed E-state index contributed by atoms with van der Waals surface area (Å²) in [5.41, 5.74) is 2.04. The molecule has 2 amide bonds. The molecule has 0 fully saturated rings. The van der Waals surface area contributed by atoms with Crippen LogP contribution in [0.2, 0.25) is 0 Å². The second-order valence-electron chi connectivity index (χ2n) is 10.2. The summed E-state index contributed by atoms with van der Waals surface area (Å²) in [6.45, 7) is 7.80. The van der Waals surface area contributed by atoms with Gasteiger partial charge in [-0.15, -0.1) is 0 Å². The minimum atomic E-state index is -4.11. The Morgan fingerprint density at radius 2 is 1.56 bits per heavy atom. The van der Waals surface area contributed by atoms with E-state index in [-0.39, 0.29) is 23.3 Å². The molecule has 10 heteroatoms. The summed E-state index contributed by atoms with van der Waals surface area (Å²) in [6.07, 6.45) is 0.356. The molecule has 0 aliphatic heterocycles. The van der Waals surface area contributed by atoms with Gasteiger partial charge in [0.1, 0.15) is 18.3 Å².